The molecule has 0 aliphatic carbocycles. The highest BCUT2D eigenvalue weighted by Gasteiger charge is 2.37. The number of amides is 3. The first kappa shape index (κ1) is 23.3. The number of ether oxygens (including phenoxy) is 1. The van der Waals surface area contributed by atoms with Crippen LogP contribution in [0.1, 0.15) is 24.0 Å². The predicted octanol–water partition coefficient (Wildman–Crippen LogP) is 5.29. The number of halogens is 2. The van der Waals surface area contributed by atoms with Crippen molar-refractivity contribution in [2.24, 2.45) is 0 Å². The van der Waals surface area contributed by atoms with Gasteiger partial charge in [-0.15, -0.1) is 0 Å². The third-order valence-electron chi connectivity index (χ3n) is 5.19. The van der Waals surface area contributed by atoms with Gasteiger partial charge in [-0.1, -0.05) is 34.1 Å². The number of thioether (sulfide) groups is 1. The maximum atomic E-state index is 12.7. The Kier molecular flexibility index (Phi) is 7.57. The van der Waals surface area contributed by atoms with Crippen LogP contribution in [0, 0.1) is 3.57 Å². The van der Waals surface area contributed by atoms with Crippen molar-refractivity contribution >= 4 is 73.4 Å². The number of hydrogen-bond acceptors (Lipinski definition) is 5. The summed E-state index contributed by atoms with van der Waals surface area (Å²) >= 11 is 6.48. The average Bonchev–Trinajstić information content (AvgIpc) is 3.39. The van der Waals surface area contributed by atoms with Crippen LogP contribution in [0.3, 0.4) is 0 Å². The number of rotatable bonds is 6. The molecule has 32 heavy (non-hydrogen) atoms. The largest absolute Gasteiger partial charge is 0.488 e. The van der Waals surface area contributed by atoms with Gasteiger partial charge in [-0.3, -0.25) is 19.3 Å². The summed E-state index contributed by atoms with van der Waals surface area (Å²) in [5.74, 6) is 0.154. The predicted molar refractivity (Wildman–Crippen MR) is 136 cm³/mol. The van der Waals surface area contributed by atoms with Crippen molar-refractivity contribution in [2.75, 3.05) is 19.6 Å². The first-order chi connectivity index (χ1) is 15.4. The molecule has 2 fully saturated rings. The summed E-state index contributed by atoms with van der Waals surface area (Å²) in [5, 5.41) is -0.405. The van der Waals surface area contributed by atoms with Crippen molar-refractivity contribution in [1.82, 2.24) is 9.80 Å². The molecule has 2 aromatic rings. The molecule has 2 aliphatic heterocycles. The lowest BCUT2D eigenvalue weighted by atomic mass is 10.2. The fourth-order valence-electron chi connectivity index (χ4n) is 3.46. The van der Waals surface area contributed by atoms with E-state index in [0.29, 0.717) is 24.6 Å². The van der Waals surface area contributed by atoms with Crippen LogP contribution in [0.15, 0.2) is 51.8 Å². The third kappa shape index (κ3) is 5.55. The van der Waals surface area contributed by atoms with Crippen LogP contribution in [-0.2, 0) is 16.2 Å². The Morgan fingerprint density at radius 2 is 1.84 bits per heavy atom. The van der Waals surface area contributed by atoms with Crippen LogP contribution in [0.5, 0.6) is 5.75 Å². The molecule has 166 valence electrons. The lowest BCUT2D eigenvalue weighted by Crippen LogP contribution is -2.40. The fourth-order valence-corrected chi connectivity index (χ4v) is 5.25. The summed E-state index contributed by atoms with van der Waals surface area (Å²) in [6.45, 7) is 1.65. The number of benzene rings is 2. The number of nitrogens with zero attached hydrogens (tertiary/aromatic N) is 2. The Morgan fingerprint density at radius 3 is 2.53 bits per heavy atom. The molecule has 0 atom stereocenters. The Bertz CT molecular complexity index is 1080. The maximum Gasteiger partial charge on any atom is 0.294 e. The topological polar surface area (TPSA) is 66.9 Å². The van der Waals surface area contributed by atoms with E-state index in [-0.39, 0.29) is 12.5 Å². The zero-order valence-corrected chi connectivity index (χ0v) is 21.6. The lowest BCUT2D eigenvalue weighted by Gasteiger charge is -2.18. The van der Waals surface area contributed by atoms with Gasteiger partial charge >= 0.3 is 0 Å². The van der Waals surface area contributed by atoms with E-state index in [1.165, 1.54) is 0 Å². The number of carbonyl (C=O) groups is 3. The second-order valence-corrected chi connectivity index (χ2v) is 10.5. The number of carbonyl (C=O) groups excluding carboxylic acids is 3. The van der Waals surface area contributed by atoms with E-state index in [9.17, 15) is 14.4 Å². The molecular formula is C23H20BrIN2O4S. The Balaban J connectivity index is 1.41. The standard InChI is InChI=1S/C23H20BrIN2O4S/c24-17-6-3-15(4-7-17)14-31-19-8-5-16(11-18(19)25)12-20-22(29)27(23(30)32-20)13-21(28)26-9-1-2-10-26/h3-8,11-12H,1-2,9-10,13-14H2/b20-12+. The van der Waals surface area contributed by atoms with E-state index in [1.54, 1.807) is 11.0 Å². The SMILES string of the molecule is O=C(CN1C(=O)S/C(=C/c2ccc(OCc3ccc(Br)cc3)c(I)c2)C1=O)N1CCCC1. The van der Waals surface area contributed by atoms with E-state index >= 15 is 0 Å². The molecule has 0 unspecified atom stereocenters. The van der Waals surface area contributed by atoms with E-state index < -0.39 is 11.1 Å². The second kappa shape index (κ2) is 10.4. The minimum absolute atomic E-state index is 0.173. The summed E-state index contributed by atoms with van der Waals surface area (Å²) < 4.78 is 7.83. The molecule has 2 aliphatic rings. The van der Waals surface area contributed by atoms with Gasteiger partial charge in [0.1, 0.15) is 18.9 Å². The zero-order valence-electron chi connectivity index (χ0n) is 17.1. The number of hydrogen-bond donors (Lipinski definition) is 0. The Morgan fingerprint density at radius 1 is 1.12 bits per heavy atom. The van der Waals surface area contributed by atoms with Crippen molar-refractivity contribution in [3.05, 3.63) is 66.5 Å². The molecule has 0 radical (unpaired) electrons. The molecule has 9 heteroatoms. The Labute approximate surface area is 212 Å². The minimum Gasteiger partial charge on any atom is -0.488 e. The van der Waals surface area contributed by atoms with Gasteiger partial charge in [0.25, 0.3) is 11.1 Å². The summed E-state index contributed by atoms with van der Waals surface area (Å²) in [6, 6.07) is 13.5. The summed E-state index contributed by atoms with van der Waals surface area (Å²) in [4.78, 5) is 40.5. The third-order valence-corrected chi connectivity index (χ3v) is 7.47. The smallest absolute Gasteiger partial charge is 0.294 e. The molecule has 0 spiro atoms. The van der Waals surface area contributed by atoms with Crippen molar-refractivity contribution in [1.29, 1.82) is 0 Å². The van der Waals surface area contributed by atoms with E-state index in [4.69, 9.17) is 4.74 Å². The van der Waals surface area contributed by atoms with Gasteiger partial charge in [-0.2, -0.15) is 0 Å². The van der Waals surface area contributed by atoms with E-state index in [0.717, 1.165) is 54.4 Å². The molecule has 0 saturated carbocycles. The molecule has 6 nitrogen and oxygen atoms in total. The monoisotopic (exact) mass is 626 g/mol. The first-order valence-corrected chi connectivity index (χ1v) is 12.8. The van der Waals surface area contributed by atoms with Crippen LogP contribution in [0.25, 0.3) is 6.08 Å². The van der Waals surface area contributed by atoms with E-state index in [1.807, 2.05) is 42.5 Å². The highest BCUT2D eigenvalue weighted by atomic mass is 127. The zero-order chi connectivity index (χ0) is 22.7. The summed E-state index contributed by atoms with van der Waals surface area (Å²) in [7, 11) is 0. The van der Waals surface area contributed by atoms with Gasteiger partial charge in [0.15, 0.2) is 0 Å². The molecule has 2 aromatic carbocycles. The van der Waals surface area contributed by atoms with Crippen molar-refractivity contribution in [3.63, 3.8) is 0 Å². The number of imide groups is 1. The van der Waals surface area contributed by atoms with Gasteiger partial charge in [-0.25, -0.2) is 0 Å². The molecule has 0 aromatic heterocycles. The van der Waals surface area contributed by atoms with Gasteiger partial charge in [-0.05, 0) is 88.7 Å². The molecule has 4 rings (SSSR count). The summed E-state index contributed by atoms with van der Waals surface area (Å²) in [5.41, 5.74) is 1.85. The van der Waals surface area contributed by atoms with Gasteiger partial charge < -0.3 is 9.64 Å². The number of likely N-dealkylation sites (tertiary alicyclic amines) is 1. The van der Waals surface area contributed by atoms with Gasteiger partial charge in [0, 0.05) is 17.6 Å². The molecule has 0 bridgehead atoms. The second-order valence-electron chi connectivity index (χ2n) is 7.46. The average molecular weight is 627 g/mol. The quantitative estimate of drug-likeness (QED) is 0.322. The van der Waals surface area contributed by atoms with Crippen LogP contribution in [-0.4, -0.2) is 46.5 Å². The highest BCUT2D eigenvalue weighted by molar-refractivity contribution is 14.1. The van der Waals surface area contributed by atoms with E-state index in [2.05, 4.69) is 38.5 Å². The fraction of sp³-hybridized carbons (Fsp3) is 0.261. The van der Waals surface area contributed by atoms with Crippen LogP contribution in [0.4, 0.5) is 4.79 Å². The minimum atomic E-state index is -0.418. The van der Waals surface area contributed by atoms with Crippen LogP contribution in [0.2, 0.25) is 0 Å². The molecule has 2 saturated heterocycles. The molecule has 2 heterocycles. The van der Waals surface area contributed by atoms with Crippen LogP contribution < -0.4 is 4.74 Å². The normalized spacial score (nSPS) is 17.5. The maximum absolute atomic E-state index is 12.7. The van der Waals surface area contributed by atoms with Crippen molar-refractivity contribution < 1.29 is 19.1 Å². The van der Waals surface area contributed by atoms with Crippen molar-refractivity contribution in [2.45, 2.75) is 19.4 Å². The van der Waals surface area contributed by atoms with Gasteiger partial charge in [0.2, 0.25) is 5.91 Å². The Hall–Kier alpha value is -1.85. The molecule has 3 amide bonds. The summed E-state index contributed by atoms with van der Waals surface area (Å²) in [6.07, 6.45) is 3.62. The highest BCUT2D eigenvalue weighted by Crippen LogP contribution is 2.33. The van der Waals surface area contributed by atoms with Crippen LogP contribution >= 0.6 is 50.3 Å². The van der Waals surface area contributed by atoms with Crippen molar-refractivity contribution in [3.8, 4) is 5.75 Å². The van der Waals surface area contributed by atoms with Gasteiger partial charge in [0.05, 0.1) is 8.48 Å². The first-order valence-electron chi connectivity index (χ1n) is 10.1. The lowest BCUT2D eigenvalue weighted by molar-refractivity contribution is -0.135. The molecular weight excluding hydrogens is 607 g/mol. The molecule has 0 N–H and O–H groups in total.